The predicted octanol–water partition coefficient (Wildman–Crippen LogP) is 4.08. The average molecular weight is 726 g/mol. The zero-order valence-electron chi connectivity index (χ0n) is 30.1. The number of unbranched alkanes of at least 4 members (excludes halogenated alkanes) is 8. The molecule has 3 aliphatic rings. The molecule has 2 aliphatic carbocycles. The lowest BCUT2D eigenvalue weighted by Crippen LogP contribution is -2.55. The number of carbonyl (C=O) groups excluding carboxylic acids is 4. The third-order valence-corrected chi connectivity index (χ3v) is 10.6. The fraction of sp³-hybridized carbons (Fsp3) is 0.590. The van der Waals surface area contributed by atoms with E-state index in [9.17, 15) is 44.7 Å². The molecule has 0 radical (unpaired) electrons. The molecule has 2 aromatic rings. The van der Waals surface area contributed by atoms with Crippen molar-refractivity contribution in [1.82, 2.24) is 5.32 Å². The third kappa shape index (κ3) is 7.89. The Kier molecular flexibility index (Phi) is 12.7. The summed E-state index contributed by atoms with van der Waals surface area (Å²) in [5.41, 5.74) is -3.79. The van der Waals surface area contributed by atoms with E-state index in [1.54, 1.807) is 6.92 Å². The van der Waals surface area contributed by atoms with Gasteiger partial charge in [0, 0.05) is 42.4 Å². The first-order chi connectivity index (χ1) is 24.9. The van der Waals surface area contributed by atoms with Gasteiger partial charge in [-0.05, 0) is 19.4 Å². The highest BCUT2D eigenvalue weighted by molar-refractivity contribution is 6.31. The number of fused-ring (bicyclic) bond motifs is 3. The van der Waals surface area contributed by atoms with Gasteiger partial charge < -0.3 is 45.1 Å². The molecule has 0 saturated carbocycles. The van der Waals surface area contributed by atoms with Crippen molar-refractivity contribution in [2.45, 2.75) is 134 Å². The number of ether oxygens (including phenoxy) is 3. The number of phenols is 2. The zero-order chi connectivity index (χ0) is 37.7. The number of rotatable bonds is 16. The van der Waals surface area contributed by atoms with Gasteiger partial charge in [-0.15, -0.1) is 0 Å². The van der Waals surface area contributed by atoms with E-state index in [1.807, 2.05) is 0 Å². The van der Waals surface area contributed by atoms with Crippen LogP contribution in [0.1, 0.15) is 140 Å². The summed E-state index contributed by atoms with van der Waals surface area (Å²) < 4.78 is 17.5. The summed E-state index contributed by atoms with van der Waals surface area (Å²) >= 11 is 0. The van der Waals surface area contributed by atoms with Gasteiger partial charge in [0.05, 0.1) is 42.0 Å². The molecule has 13 heteroatoms. The third-order valence-electron chi connectivity index (χ3n) is 10.6. The largest absolute Gasteiger partial charge is 0.507 e. The molecule has 0 bridgehead atoms. The maximum Gasteiger partial charge on any atom is 0.220 e. The van der Waals surface area contributed by atoms with E-state index in [1.165, 1.54) is 57.4 Å². The van der Waals surface area contributed by atoms with Crippen LogP contribution in [0.15, 0.2) is 18.2 Å². The quantitative estimate of drug-likeness (QED) is 0.0912. The van der Waals surface area contributed by atoms with Crippen LogP contribution in [-0.2, 0) is 25.5 Å². The predicted molar refractivity (Wildman–Crippen MR) is 188 cm³/mol. The second kappa shape index (κ2) is 16.9. The van der Waals surface area contributed by atoms with Gasteiger partial charge in [0.2, 0.25) is 11.7 Å². The van der Waals surface area contributed by atoms with Gasteiger partial charge in [-0.1, -0.05) is 70.4 Å². The molecule has 1 amide bonds. The number of amides is 1. The van der Waals surface area contributed by atoms with E-state index in [2.05, 4.69) is 12.2 Å². The van der Waals surface area contributed by atoms with Crippen LogP contribution in [0.2, 0.25) is 0 Å². The Morgan fingerprint density at radius 1 is 0.962 bits per heavy atom. The minimum absolute atomic E-state index is 0.0487. The summed E-state index contributed by atoms with van der Waals surface area (Å²) in [6.07, 6.45) is 4.58. The average Bonchev–Trinajstić information content (AvgIpc) is 3.12. The Balaban J connectivity index is 1.37. The Labute approximate surface area is 303 Å². The number of aliphatic hydroxyl groups is 3. The first-order valence-electron chi connectivity index (χ1n) is 18.4. The summed E-state index contributed by atoms with van der Waals surface area (Å²) in [7, 11) is 1.32. The molecule has 13 nitrogen and oxygen atoms in total. The maximum atomic E-state index is 13.9. The van der Waals surface area contributed by atoms with Crippen LogP contribution in [0.5, 0.6) is 17.2 Å². The molecule has 1 aliphatic heterocycles. The second-order valence-corrected chi connectivity index (χ2v) is 14.2. The highest BCUT2D eigenvalue weighted by atomic mass is 16.7. The number of nitrogens with one attached hydrogen (secondary N) is 1. The number of benzene rings is 2. The highest BCUT2D eigenvalue weighted by Crippen LogP contribution is 2.52. The summed E-state index contributed by atoms with van der Waals surface area (Å²) in [5, 5.41) is 58.3. The number of methoxy groups -OCH3 is 1. The van der Waals surface area contributed by atoms with Crippen molar-refractivity contribution >= 4 is 23.3 Å². The van der Waals surface area contributed by atoms with E-state index >= 15 is 0 Å². The van der Waals surface area contributed by atoms with Gasteiger partial charge in [0.1, 0.15) is 35.6 Å². The first kappa shape index (κ1) is 39.3. The van der Waals surface area contributed by atoms with Gasteiger partial charge in [0.25, 0.3) is 0 Å². The number of hydrogen-bond donors (Lipinski definition) is 6. The number of carbonyl (C=O) groups is 4. The molecule has 0 unspecified atom stereocenters. The number of ketones is 3. The number of Topliss-reactive ketones (excluding diaryl/α,β-unsaturated/α-hetero) is 1. The molecule has 6 atom stereocenters. The van der Waals surface area contributed by atoms with E-state index in [0.29, 0.717) is 6.42 Å². The van der Waals surface area contributed by atoms with Crippen LogP contribution in [0.25, 0.3) is 0 Å². The van der Waals surface area contributed by atoms with Gasteiger partial charge in [-0.25, -0.2) is 0 Å². The molecular weight excluding hydrogens is 674 g/mol. The van der Waals surface area contributed by atoms with Crippen molar-refractivity contribution in [3.63, 3.8) is 0 Å². The summed E-state index contributed by atoms with van der Waals surface area (Å²) in [6.45, 7) is 2.74. The molecule has 5 rings (SSSR count). The topological polar surface area (TPSA) is 209 Å². The summed E-state index contributed by atoms with van der Waals surface area (Å²) in [5.74, 6) is -4.11. The van der Waals surface area contributed by atoms with Crippen LogP contribution in [0, 0.1) is 0 Å². The zero-order valence-corrected chi connectivity index (χ0v) is 30.1. The monoisotopic (exact) mass is 725 g/mol. The maximum absolute atomic E-state index is 13.9. The molecule has 1 fully saturated rings. The summed E-state index contributed by atoms with van der Waals surface area (Å²) in [6, 6.07) is 3.59. The molecular formula is C39H51NO12. The van der Waals surface area contributed by atoms with Crippen molar-refractivity contribution in [1.29, 1.82) is 0 Å². The van der Waals surface area contributed by atoms with E-state index < -0.39 is 95.7 Å². The van der Waals surface area contributed by atoms with Crippen LogP contribution in [0.4, 0.5) is 0 Å². The van der Waals surface area contributed by atoms with Crippen LogP contribution >= 0.6 is 0 Å². The lowest BCUT2D eigenvalue weighted by molar-refractivity contribution is -0.249. The molecule has 52 heavy (non-hydrogen) atoms. The minimum Gasteiger partial charge on any atom is -0.507 e. The lowest BCUT2D eigenvalue weighted by atomic mass is 9.72. The number of hydrogen-bond acceptors (Lipinski definition) is 12. The molecule has 6 N–H and O–H groups in total. The van der Waals surface area contributed by atoms with Crippen molar-refractivity contribution in [2.24, 2.45) is 0 Å². The summed E-state index contributed by atoms with van der Waals surface area (Å²) in [4.78, 5) is 53.4. The van der Waals surface area contributed by atoms with Crippen molar-refractivity contribution in [3.8, 4) is 17.2 Å². The number of phenolic OH excluding ortho intramolecular Hbond substituents is 2. The van der Waals surface area contributed by atoms with E-state index in [4.69, 9.17) is 14.2 Å². The molecule has 284 valence electrons. The van der Waals surface area contributed by atoms with E-state index in [-0.39, 0.29) is 46.8 Å². The molecule has 0 aromatic heterocycles. The van der Waals surface area contributed by atoms with Gasteiger partial charge in [-0.2, -0.15) is 0 Å². The normalized spacial score (nSPS) is 25.2. The Morgan fingerprint density at radius 3 is 2.27 bits per heavy atom. The molecule has 1 heterocycles. The van der Waals surface area contributed by atoms with Gasteiger partial charge in [-0.3, -0.25) is 19.2 Å². The SMILES string of the molecule is CCCCCCCCCCCC(=O)N[C@@H]1C[C@H](O[C@@H]2C[C@](O)(C(=O)CO)Cc3c(O)c4c(c(O)c32)C(=O)c2c(OC)cccc2C4=O)O[C@H](C)[C@@H]1O. The fourth-order valence-corrected chi connectivity index (χ4v) is 7.73. The lowest BCUT2D eigenvalue weighted by Gasteiger charge is -2.43. The fourth-order valence-electron chi connectivity index (χ4n) is 7.73. The molecule has 1 saturated heterocycles. The van der Waals surface area contributed by atoms with Crippen LogP contribution in [-0.4, -0.2) is 92.6 Å². The van der Waals surface area contributed by atoms with Crippen molar-refractivity contribution < 1.29 is 58.9 Å². The van der Waals surface area contributed by atoms with Crippen molar-refractivity contribution in [3.05, 3.63) is 51.6 Å². The smallest absolute Gasteiger partial charge is 0.220 e. The van der Waals surface area contributed by atoms with Gasteiger partial charge >= 0.3 is 0 Å². The number of aliphatic hydroxyl groups excluding tert-OH is 2. The van der Waals surface area contributed by atoms with Crippen molar-refractivity contribution in [2.75, 3.05) is 13.7 Å². The number of aromatic hydroxyl groups is 2. The molecule has 2 aromatic carbocycles. The molecule has 0 spiro atoms. The minimum atomic E-state index is -2.30. The highest BCUT2D eigenvalue weighted by Gasteiger charge is 2.50. The Morgan fingerprint density at radius 2 is 1.62 bits per heavy atom. The Bertz CT molecular complexity index is 1670. The second-order valence-electron chi connectivity index (χ2n) is 14.2. The van der Waals surface area contributed by atoms with Crippen LogP contribution < -0.4 is 10.1 Å². The Hall–Kier alpha value is -3.88. The van der Waals surface area contributed by atoms with Crippen LogP contribution in [0.3, 0.4) is 0 Å². The standard InChI is InChI=1S/C39H51NO12/c1-4-5-6-7-8-9-10-11-12-16-28(43)40-24-17-29(51-21(2)34(24)44)52-26-19-39(49,27(42)20-41)18-23-31(26)38(48)33-32(36(23)46)35(45)22-14-13-15-25(50-3)30(22)37(33)47/h13-15,21,24,26,29,34,41,44,46,48-49H,4-12,16-20H2,1-3H3,(H,40,43)/t21-,24-,26-,29+,34+,39+/m1/s1. The first-order valence-corrected chi connectivity index (χ1v) is 18.4. The van der Waals surface area contributed by atoms with Gasteiger partial charge in [0.15, 0.2) is 17.9 Å². The van der Waals surface area contributed by atoms with E-state index in [0.717, 1.165) is 19.3 Å².